The molecule has 0 bridgehead atoms. The summed E-state index contributed by atoms with van der Waals surface area (Å²) in [6, 6.07) is 8.19. The third kappa shape index (κ3) is 4.66. The molecule has 0 saturated carbocycles. The molecule has 0 aliphatic carbocycles. The molecule has 9 heteroatoms. The molecular formula is C25H34N6O3. The van der Waals surface area contributed by atoms with E-state index in [9.17, 15) is 4.79 Å². The fourth-order valence-electron chi connectivity index (χ4n) is 5.33. The number of rotatable bonds is 6. The van der Waals surface area contributed by atoms with Crippen molar-refractivity contribution in [2.75, 3.05) is 39.8 Å². The topological polar surface area (TPSA) is 89.5 Å². The molecule has 1 amide bonds. The van der Waals surface area contributed by atoms with E-state index in [4.69, 9.17) is 19.3 Å². The van der Waals surface area contributed by atoms with Crippen LogP contribution in [0.3, 0.4) is 0 Å². The Labute approximate surface area is 200 Å². The summed E-state index contributed by atoms with van der Waals surface area (Å²) in [6.45, 7) is 6.94. The van der Waals surface area contributed by atoms with Gasteiger partial charge in [-0.1, -0.05) is 25.1 Å². The lowest BCUT2D eigenvalue weighted by Crippen LogP contribution is -2.40. The number of likely N-dealkylation sites (tertiary alicyclic amines) is 2. The van der Waals surface area contributed by atoms with E-state index in [1.54, 1.807) is 0 Å². The standard InChI is InChI=1S/C25H34N6O3/c1-3-21-20-6-4-5-7-22(20)31(27-21)24-26-23(34-28-24)19-11-14-29(15-12-19)13-8-18-9-16-30(17-10-18)25(32)33-2/h4-7,18-19H,3,8-17H2,1-2H3. The number of benzene rings is 1. The summed E-state index contributed by atoms with van der Waals surface area (Å²) in [7, 11) is 1.45. The lowest BCUT2D eigenvalue weighted by Gasteiger charge is -2.34. The molecule has 0 spiro atoms. The van der Waals surface area contributed by atoms with Crippen molar-refractivity contribution < 1.29 is 14.1 Å². The number of fused-ring (bicyclic) bond motifs is 1. The van der Waals surface area contributed by atoms with Crippen LogP contribution < -0.4 is 0 Å². The number of ether oxygens (including phenoxy) is 1. The van der Waals surface area contributed by atoms with Gasteiger partial charge in [-0.15, -0.1) is 0 Å². The number of carbonyl (C=O) groups excluding carboxylic acids is 1. The summed E-state index contributed by atoms with van der Waals surface area (Å²) >= 11 is 0. The Morgan fingerprint density at radius 3 is 2.62 bits per heavy atom. The van der Waals surface area contributed by atoms with Crippen LogP contribution in [0.4, 0.5) is 4.79 Å². The van der Waals surface area contributed by atoms with Crippen molar-refractivity contribution in [1.29, 1.82) is 0 Å². The lowest BCUT2D eigenvalue weighted by atomic mass is 9.92. The van der Waals surface area contributed by atoms with Crippen LogP contribution in [0.5, 0.6) is 0 Å². The number of hydrogen-bond donors (Lipinski definition) is 0. The summed E-state index contributed by atoms with van der Waals surface area (Å²) in [5.74, 6) is 2.23. The van der Waals surface area contributed by atoms with Gasteiger partial charge in [0, 0.05) is 24.4 Å². The molecule has 0 unspecified atom stereocenters. The van der Waals surface area contributed by atoms with Crippen LogP contribution in [-0.4, -0.2) is 75.6 Å². The van der Waals surface area contributed by atoms with E-state index < -0.39 is 0 Å². The van der Waals surface area contributed by atoms with Gasteiger partial charge in [-0.3, -0.25) is 0 Å². The molecule has 0 N–H and O–H groups in total. The highest BCUT2D eigenvalue weighted by Crippen LogP contribution is 2.29. The molecule has 4 heterocycles. The Morgan fingerprint density at radius 2 is 1.88 bits per heavy atom. The number of carbonyl (C=O) groups is 1. The molecule has 3 aromatic rings. The maximum Gasteiger partial charge on any atom is 0.409 e. The van der Waals surface area contributed by atoms with Gasteiger partial charge in [-0.25, -0.2) is 4.79 Å². The Hall–Kier alpha value is -2.94. The van der Waals surface area contributed by atoms with Crippen LogP contribution in [0.15, 0.2) is 28.8 Å². The van der Waals surface area contributed by atoms with Gasteiger partial charge in [0.1, 0.15) is 0 Å². The second-order valence-electron chi connectivity index (χ2n) is 9.47. The minimum absolute atomic E-state index is 0.198. The minimum Gasteiger partial charge on any atom is -0.453 e. The van der Waals surface area contributed by atoms with Crippen LogP contribution in [0, 0.1) is 5.92 Å². The van der Waals surface area contributed by atoms with E-state index in [0.717, 1.165) is 87.3 Å². The number of aromatic nitrogens is 4. The predicted octanol–water partition coefficient (Wildman–Crippen LogP) is 4.02. The minimum atomic E-state index is -0.198. The monoisotopic (exact) mass is 466 g/mol. The van der Waals surface area contributed by atoms with Gasteiger partial charge < -0.3 is 19.1 Å². The molecule has 5 rings (SSSR count). The number of aryl methyl sites for hydroxylation is 1. The number of piperidine rings is 2. The van der Waals surface area contributed by atoms with Gasteiger partial charge in [0.15, 0.2) is 0 Å². The average molecular weight is 467 g/mol. The van der Waals surface area contributed by atoms with Crippen LogP contribution in [0.2, 0.25) is 0 Å². The first-order valence-electron chi connectivity index (χ1n) is 12.5. The largest absolute Gasteiger partial charge is 0.453 e. The summed E-state index contributed by atoms with van der Waals surface area (Å²) in [4.78, 5) is 20.8. The molecule has 0 atom stereocenters. The first-order chi connectivity index (χ1) is 16.7. The van der Waals surface area contributed by atoms with Crippen LogP contribution in [0.1, 0.15) is 56.5 Å². The van der Waals surface area contributed by atoms with E-state index in [1.165, 1.54) is 13.5 Å². The fraction of sp³-hybridized carbons (Fsp3) is 0.600. The summed E-state index contributed by atoms with van der Waals surface area (Å²) < 4.78 is 12.3. The molecule has 1 aromatic carbocycles. The van der Waals surface area contributed by atoms with Gasteiger partial charge in [-0.05, 0) is 75.3 Å². The number of hydrogen-bond acceptors (Lipinski definition) is 7. The van der Waals surface area contributed by atoms with Crippen molar-refractivity contribution in [3.63, 3.8) is 0 Å². The van der Waals surface area contributed by atoms with Gasteiger partial charge in [0.05, 0.1) is 18.3 Å². The first kappa shape index (κ1) is 22.8. The second kappa shape index (κ2) is 10.1. The maximum atomic E-state index is 11.7. The van der Waals surface area contributed by atoms with Crippen LogP contribution in [0.25, 0.3) is 16.9 Å². The lowest BCUT2D eigenvalue weighted by molar-refractivity contribution is 0.101. The van der Waals surface area contributed by atoms with E-state index in [2.05, 4.69) is 29.1 Å². The Balaban J connectivity index is 1.13. The zero-order valence-electron chi connectivity index (χ0n) is 20.2. The molecule has 34 heavy (non-hydrogen) atoms. The number of para-hydroxylation sites is 1. The highest BCUT2D eigenvalue weighted by atomic mass is 16.5. The number of nitrogens with zero attached hydrogens (tertiary/aromatic N) is 6. The van der Waals surface area contributed by atoms with Crippen molar-refractivity contribution in [3.05, 3.63) is 35.9 Å². The second-order valence-corrected chi connectivity index (χ2v) is 9.47. The van der Waals surface area contributed by atoms with E-state index in [-0.39, 0.29) is 6.09 Å². The molecule has 182 valence electrons. The maximum absolute atomic E-state index is 11.7. The SMILES string of the molecule is CCc1nn(-c2noc(C3CCN(CCC4CCN(C(=O)OC)CC4)CC3)n2)c2ccccc12. The van der Waals surface area contributed by atoms with Gasteiger partial charge >= 0.3 is 6.09 Å². The Bertz CT molecular complexity index is 1110. The fourth-order valence-corrected chi connectivity index (χ4v) is 5.33. The number of amides is 1. The Morgan fingerprint density at radius 1 is 1.12 bits per heavy atom. The molecule has 0 radical (unpaired) electrons. The van der Waals surface area contributed by atoms with E-state index >= 15 is 0 Å². The van der Waals surface area contributed by atoms with Crippen molar-refractivity contribution in [1.82, 2.24) is 29.7 Å². The van der Waals surface area contributed by atoms with Crippen LogP contribution >= 0.6 is 0 Å². The van der Waals surface area contributed by atoms with Crippen molar-refractivity contribution in [2.45, 2.75) is 51.4 Å². The highest BCUT2D eigenvalue weighted by Gasteiger charge is 2.28. The third-order valence-electron chi connectivity index (χ3n) is 7.46. The zero-order chi connectivity index (χ0) is 23.5. The summed E-state index contributed by atoms with van der Waals surface area (Å²) in [5, 5.41) is 10.1. The van der Waals surface area contributed by atoms with E-state index in [1.807, 2.05) is 21.7 Å². The molecular weight excluding hydrogens is 432 g/mol. The van der Waals surface area contributed by atoms with Gasteiger partial charge in [0.25, 0.3) is 5.95 Å². The summed E-state index contributed by atoms with van der Waals surface area (Å²) in [6.07, 6.45) is 6.05. The smallest absolute Gasteiger partial charge is 0.409 e. The highest BCUT2D eigenvalue weighted by molar-refractivity contribution is 5.83. The third-order valence-corrected chi connectivity index (χ3v) is 7.46. The molecule has 2 fully saturated rings. The molecule has 2 aromatic heterocycles. The molecule has 2 aliphatic rings. The van der Waals surface area contributed by atoms with Crippen LogP contribution in [-0.2, 0) is 11.2 Å². The first-order valence-corrected chi connectivity index (χ1v) is 12.5. The van der Waals surface area contributed by atoms with Gasteiger partial charge in [-0.2, -0.15) is 14.8 Å². The molecule has 2 saturated heterocycles. The summed E-state index contributed by atoms with van der Waals surface area (Å²) in [5.41, 5.74) is 2.06. The normalized spacial score (nSPS) is 18.6. The Kier molecular flexibility index (Phi) is 6.80. The van der Waals surface area contributed by atoms with Gasteiger partial charge in [0.2, 0.25) is 5.89 Å². The van der Waals surface area contributed by atoms with E-state index in [0.29, 0.717) is 17.8 Å². The van der Waals surface area contributed by atoms with Crippen molar-refractivity contribution in [3.8, 4) is 5.95 Å². The van der Waals surface area contributed by atoms with Crippen molar-refractivity contribution in [2.24, 2.45) is 5.92 Å². The molecule has 9 nitrogen and oxygen atoms in total. The zero-order valence-corrected chi connectivity index (χ0v) is 20.2. The number of methoxy groups -OCH3 is 1. The predicted molar refractivity (Wildman–Crippen MR) is 128 cm³/mol. The van der Waals surface area contributed by atoms with Crippen molar-refractivity contribution >= 4 is 17.0 Å². The molecule has 2 aliphatic heterocycles. The quantitative estimate of drug-likeness (QED) is 0.542. The average Bonchev–Trinajstić information content (AvgIpc) is 3.53.